The molecule has 7 heteroatoms. The number of anilines is 1. The Bertz CT molecular complexity index is 541. The van der Waals surface area contributed by atoms with Gasteiger partial charge in [0.2, 0.25) is 0 Å². The van der Waals surface area contributed by atoms with Crippen LogP contribution in [0.2, 0.25) is 0 Å². The van der Waals surface area contributed by atoms with E-state index in [0.29, 0.717) is 0 Å². The van der Waals surface area contributed by atoms with Gasteiger partial charge in [-0.1, -0.05) is 24.7 Å². The molecule has 0 saturated carbocycles. The summed E-state index contributed by atoms with van der Waals surface area (Å²) in [6, 6.07) is 0. The van der Waals surface area contributed by atoms with Gasteiger partial charge >= 0.3 is 0 Å². The molecule has 102 valence electrons. The van der Waals surface area contributed by atoms with Crippen LogP contribution in [0.4, 0.5) is 5.82 Å². The molecule has 2 rings (SSSR count). The largest absolute Gasteiger partial charge is 0.370 e. The molecule has 1 N–H and O–H groups in total. The first-order valence-electron chi connectivity index (χ1n) is 6.30. The van der Waals surface area contributed by atoms with Crippen molar-refractivity contribution in [3.8, 4) is 0 Å². The molecule has 5 nitrogen and oxygen atoms in total. The van der Waals surface area contributed by atoms with Crippen molar-refractivity contribution in [3.05, 3.63) is 16.9 Å². The minimum Gasteiger partial charge on any atom is -0.370 e. The molecule has 0 spiro atoms. The maximum absolute atomic E-state index is 4.40. The maximum atomic E-state index is 4.40. The molecule has 2 aromatic rings. The van der Waals surface area contributed by atoms with Gasteiger partial charge in [-0.3, -0.25) is 0 Å². The summed E-state index contributed by atoms with van der Waals surface area (Å²) in [5.74, 6) is 0.933. The number of rotatable bonds is 6. The summed E-state index contributed by atoms with van der Waals surface area (Å²) in [4.78, 5) is 8.72. The molecule has 0 aliphatic heterocycles. The number of nitrogens with one attached hydrogen (secondary N) is 1. The van der Waals surface area contributed by atoms with Crippen LogP contribution in [0.15, 0.2) is 15.7 Å². The van der Waals surface area contributed by atoms with Crippen molar-refractivity contribution < 1.29 is 0 Å². The quantitative estimate of drug-likeness (QED) is 0.826. The summed E-state index contributed by atoms with van der Waals surface area (Å²) in [5, 5.41) is 13.4. The van der Waals surface area contributed by atoms with Gasteiger partial charge in [-0.15, -0.1) is 10.2 Å². The van der Waals surface area contributed by atoms with Crippen molar-refractivity contribution in [2.24, 2.45) is 0 Å². The lowest BCUT2D eigenvalue weighted by molar-refractivity contribution is 0.854. The van der Waals surface area contributed by atoms with Gasteiger partial charge in [0, 0.05) is 12.1 Å². The van der Waals surface area contributed by atoms with Crippen molar-refractivity contribution >= 4 is 28.9 Å². The van der Waals surface area contributed by atoms with Gasteiger partial charge in [0.1, 0.15) is 22.2 Å². The zero-order valence-corrected chi connectivity index (χ0v) is 12.9. The predicted octanol–water partition coefficient (Wildman–Crippen LogP) is 3.17. The lowest BCUT2D eigenvalue weighted by Gasteiger charge is -2.11. The smallest absolute Gasteiger partial charge is 0.180 e. The Kier molecular flexibility index (Phi) is 5.09. The summed E-state index contributed by atoms with van der Waals surface area (Å²) < 4.78 is 0.927. The summed E-state index contributed by atoms with van der Waals surface area (Å²) in [6.07, 6.45) is 3.63. The van der Waals surface area contributed by atoms with Crippen molar-refractivity contribution in [2.45, 2.75) is 43.0 Å². The third kappa shape index (κ3) is 3.63. The van der Waals surface area contributed by atoms with E-state index >= 15 is 0 Å². The zero-order valence-electron chi connectivity index (χ0n) is 11.3. The van der Waals surface area contributed by atoms with E-state index in [2.05, 4.69) is 39.3 Å². The topological polar surface area (TPSA) is 63.6 Å². The fourth-order valence-corrected chi connectivity index (χ4v) is 3.53. The number of hydrogen-bond donors (Lipinski definition) is 1. The highest BCUT2D eigenvalue weighted by atomic mass is 32.2. The van der Waals surface area contributed by atoms with E-state index in [1.54, 1.807) is 29.4 Å². The average Bonchev–Trinajstić information content (AvgIpc) is 2.79. The molecule has 0 aliphatic rings. The second-order valence-electron chi connectivity index (χ2n) is 3.98. The zero-order chi connectivity index (χ0) is 13.7. The molecule has 0 radical (unpaired) electrons. The van der Waals surface area contributed by atoms with Crippen LogP contribution in [0.1, 0.15) is 30.8 Å². The van der Waals surface area contributed by atoms with E-state index in [-0.39, 0.29) is 0 Å². The number of hydrogen-bond acceptors (Lipinski definition) is 7. The lowest BCUT2D eigenvalue weighted by Crippen LogP contribution is -2.05. The minimum absolute atomic E-state index is 0.857. The molecule has 0 aliphatic carbocycles. The fraction of sp³-hybridized carbons (Fsp3) is 0.500. The molecular formula is C12H17N5S2. The first-order valence-corrected chi connectivity index (χ1v) is 7.93. The Hall–Kier alpha value is -1.21. The van der Waals surface area contributed by atoms with Gasteiger partial charge in [0.15, 0.2) is 4.34 Å². The van der Waals surface area contributed by atoms with Crippen LogP contribution in [0, 0.1) is 6.92 Å². The average molecular weight is 295 g/mol. The number of nitrogens with zero attached hydrogens (tertiary/aromatic N) is 4. The highest BCUT2D eigenvalue weighted by molar-refractivity contribution is 8.01. The molecule has 0 unspecified atom stereocenters. The van der Waals surface area contributed by atoms with E-state index < -0.39 is 0 Å². The van der Waals surface area contributed by atoms with Gasteiger partial charge in [-0.05, 0) is 32.0 Å². The SMILES string of the molecule is CCCc1c(NCC)ncnc1Sc1nnc(C)s1. The molecule has 2 heterocycles. The van der Waals surface area contributed by atoms with E-state index in [1.807, 2.05) is 6.92 Å². The number of aryl methyl sites for hydroxylation is 1. The van der Waals surface area contributed by atoms with Crippen LogP contribution in [-0.2, 0) is 6.42 Å². The van der Waals surface area contributed by atoms with Gasteiger partial charge in [0.05, 0.1) is 0 Å². The standard InChI is InChI=1S/C12H17N5S2/c1-4-6-9-10(13-5-2)14-7-15-11(9)19-12-17-16-8(3)18-12/h7H,4-6H2,1-3H3,(H,13,14,15). The molecule has 0 atom stereocenters. The molecule has 19 heavy (non-hydrogen) atoms. The predicted molar refractivity (Wildman–Crippen MR) is 79.0 cm³/mol. The summed E-state index contributed by atoms with van der Waals surface area (Å²) >= 11 is 3.16. The van der Waals surface area contributed by atoms with Gasteiger partial charge in [-0.2, -0.15) is 0 Å². The Morgan fingerprint density at radius 3 is 2.74 bits per heavy atom. The summed E-state index contributed by atoms with van der Waals surface area (Å²) in [6.45, 7) is 7.04. The van der Waals surface area contributed by atoms with E-state index in [4.69, 9.17) is 0 Å². The molecule has 0 bridgehead atoms. The Labute approximate surface area is 121 Å². The third-order valence-corrected chi connectivity index (χ3v) is 4.38. The first-order chi connectivity index (χ1) is 9.24. The van der Waals surface area contributed by atoms with Crippen molar-refractivity contribution in [1.29, 1.82) is 0 Å². The van der Waals surface area contributed by atoms with Gasteiger partial charge < -0.3 is 5.32 Å². The molecule has 0 amide bonds. The maximum Gasteiger partial charge on any atom is 0.180 e. The van der Waals surface area contributed by atoms with E-state index in [0.717, 1.165) is 39.6 Å². The fourth-order valence-electron chi connectivity index (χ4n) is 1.68. The Morgan fingerprint density at radius 1 is 1.26 bits per heavy atom. The van der Waals surface area contributed by atoms with Crippen LogP contribution >= 0.6 is 23.1 Å². The van der Waals surface area contributed by atoms with Gasteiger partial charge in [-0.25, -0.2) is 9.97 Å². The Morgan fingerprint density at radius 2 is 2.11 bits per heavy atom. The monoisotopic (exact) mass is 295 g/mol. The van der Waals surface area contributed by atoms with Crippen LogP contribution in [0.3, 0.4) is 0 Å². The number of aromatic nitrogens is 4. The lowest BCUT2D eigenvalue weighted by atomic mass is 10.2. The van der Waals surface area contributed by atoms with E-state index in [9.17, 15) is 0 Å². The highest BCUT2D eigenvalue weighted by Crippen LogP contribution is 2.33. The van der Waals surface area contributed by atoms with Crippen LogP contribution in [0.25, 0.3) is 0 Å². The van der Waals surface area contributed by atoms with Crippen LogP contribution < -0.4 is 5.32 Å². The van der Waals surface area contributed by atoms with Crippen molar-refractivity contribution in [1.82, 2.24) is 20.2 Å². The molecular weight excluding hydrogens is 278 g/mol. The second kappa shape index (κ2) is 6.81. The molecule has 0 fully saturated rings. The normalized spacial score (nSPS) is 10.7. The second-order valence-corrected chi connectivity index (χ2v) is 6.39. The van der Waals surface area contributed by atoms with E-state index in [1.165, 1.54) is 5.56 Å². The molecule has 0 aromatic carbocycles. The van der Waals surface area contributed by atoms with Crippen LogP contribution in [-0.4, -0.2) is 26.7 Å². The molecule has 0 saturated heterocycles. The van der Waals surface area contributed by atoms with Crippen molar-refractivity contribution in [2.75, 3.05) is 11.9 Å². The highest BCUT2D eigenvalue weighted by Gasteiger charge is 2.13. The molecule has 2 aromatic heterocycles. The summed E-state index contributed by atoms with van der Waals surface area (Å²) in [7, 11) is 0. The first kappa shape index (κ1) is 14.2. The van der Waals surface area contributed by atoms with Gasteiger partial charge in [0.25, 0.3) is 0 Å². The summed E-state index contributed by atoms with van der Waals surface area (Å²) in [5.41, 5.74) is 1.17. The third-order valence-electron chi connectivity index (χ3n) is 2.44. The minimum atomic E-state index is 0.857. The van der Waals surface area contributed by atoms with Crippen molar-refractivity contribution in [3.63, 3.8) is 0 Å². The Balaban J connectivity index is 2.29. The van der Waals surface area contributed by atoms with Crippen LogP contribution in [0.5, 0.6) is 0 Å².